The molecule has 0 amide bonds. The van der Waals surface area contributed by atoms with Crippen LogP contribution in [-0.4, -0.2) is 45.0 Å². The molecule has 0 N–H and O–H groups in total. The molecule has 0 fully saturated rings. The van der Waals surface area contributed by atoms with Gasteiger partial charge in [-0.25, -0.2) is 9.59 Å². The molecular formula is C18H21NO7. The number of hydrogen-bond donors (Lipinski definition) is 0. The third-order valence-electron chi connectivity index (χ3n) is 2.93. The second-order valence-electron chi connectivity index (χ2n) is 5.28. The molecule has 0 aromatic heterocycles. The summed E-state index contributed by atoms with van der Waals surface area (Å²) in [6, 6.07) is 6.56. The second-order valence-corrected chi connectivity index (χ2v) is 5.28. The number of nitrogens with zero attached hydrogens (tertiary/aromatic N) is 1. The largest absolute Gasteiger partial charge is 0.457 e. The highest BCUT2D eigenvalue weighted by atomic mass is 17.2. The number of carbonyl (C=O) groups is 3. The van der Waals surface area contributed by atoms with Crippen molar-refractivity contribution in [2.24, 2.45) is 0 Å². The first kappa shape index (κ1) is 20.9. The number of ether oxygens (including phenoxy) is 2. The fourth-order valence-corrected chi connectivity index (χ4v) is 1.56. The third kappa shape index (κ3) is 7.18. The van der Waals surface area contributed by atoms with E-state index in [9.17, 15) is 14.4 Å². The maximum absolute atomic E-state index is 11.9. The summed E-state index contributed by atoms with van der Waals surface area (Å²) >= 11 is 0. The summed E-state index contributed by atoms with van der Waals surface area (Å²) in [4.78, 5) is 45.7. The lowest BCUT2D eigenvalue weighted by molar-refractivity contribution is -0.255. The van der Waals surface area contributed by atoms with E-state index < -0.39 is 17.7 Å². The van der Waals surface area contributed by atoms with Crippen LogP contribution < -0.4 is 4.90 Å². The monoisotopic (exact) mass is 363 g/mol. The summed E-state index contributed by atoms with van der Waals surface area (Å²) in [5, 5.41) is 0. The molecular weight excluding hydrogens is 342 g/mol. The Morgan fingerprint density at radius 3 is 2.27 bits per heavy atom. The number of benzene rings is 1. The first-order chi connectivity index (χ1) is 12.3. The van der Waals surface area contributed by atoms with E-state index in [1.165, 1.54) is 6.92 Å². The van der Waals surface area contributed by atoms with Crippen LogP contribution >= 0.6 is 0 Å². The molecule has 0 radical (unpaired) electrons. The Kier molecular flexibility index (Phi) is 8.59. The van der Waals surface area contributed by atoms with Crippen LogP contribution in [0, 0.1) is 0 Å². The molecule has 8 nitrogen and oxygen atoms in total. The zero-order valence-corrected chi connectivity index (χ0v) is 14.9. The Bertz CT molecular complexity index is 677. The van der Waals surface area contributed by atoms with Gasteiger partial charge >= 0.3 is 11.9 Å². The van der Waals surface area contributed by atoms with Crippen LogP contribution in [0.4, 0.5) is 5.69 Å². The van der Waals surface area contributed by atoms with Gasteiger partial charge in [0.2, 0.25) is 0 Å². The molecule has 0 heterocycles. The smallest absolute Gasteiger partial charge is 0.379 e. The molecule has 1 aromatic rings. The highest BCUT2D eigenvalue weighted by molar-refractivity contribution is 6.40. The van der Waals surface area contributed by atoms with Crippen LogP contribution in [0.2, 0.25) is 0 Å². The van der Waals surface area contributed by atoms with Crippen LogP contribution in [0.25, 0.3) is 0 Å². The van der Waals surface area contributed by atoms with Gasteiger partial charge in [-0.3, -0.25) is 4.79 Å². The minimum absolute atomic E-state index is 0.114. The molecule has 0 bridgehead atoms. The van der Waals surface area contributed by atoms with E-state index in [2.05, 4.69) is 21.1 Å². The molecule has 0 aliphatic heterocycles. The van der Waals surface area contributed by atoms with Crippen LogP contribution in [-0.2, 0) is 28.8 Å². The lowest BCUT2D eigenvalue weighted by Crippen LogP contribution is -2.20. The van der Waals surface area contributed by atoms with Gasteiger partial charge in [-0.15, -0.1) is 0 Å². The molecule has 1 aromatic carbocycles. The van der Waals surface area contributed by atoms with Gasteiger partial charge in [0.1, 0.15) is 19.5 Å². The quantitative estimate of drug-likeness (QED) is 0.0911. The van der Waals surface area contributed by atoms with E-state index in [-0.39, 0.29) is 24.4 Å². The summed E-state index contributed by atoms with van der Waals surface area (Å²) in [6.45, 7) is 4.61. The second kappa shape index (κ2) is 10.7. The molecule has 0 unspecified atom stereocenters. The molecule has 26 heavy (non-hydrogen) atoms. The Hall–Kier alpha value is -3.13. The number of Topliss-reactive ketones (excluding diaryl/α,β-unsaturated/α-hetero) is 1. The fourth-order valence-electron chi connectivity index (χ4n) is 1.56. The van der Waals surface area contributed by atoms with Crippen molar-refractivity contribution >= 4 is 23.4 Å². The molecule has 0 aliphatic rings. The number of esters is 2. The summed E-state index contributed by atoms with van der Waals surface area (Å²) in [5.41, 5.74) is 1.38. The number of anilines is 1. The zero-order valence-electron chi connectivity index (χ0n) is 14.9. The number of hydrogen-bond acceptors (Lipinski definition) is 8. The van der Waals surface area contributed by atoms with E-state index in [1.807, 2.05) is 19.0 Å². The SMILES string of the molecule is C=C(C)C(=O)O/C=C\OOCCOC(=O)C(=O)c1ccc(N(C)C)cc1. The Morgan fingerprint density at radius 2 is 1.69 bits per heavy atom. The van der Waals surface area contributed by atoms with Gasteiger partial charge in [0.25, 0.3) is 5.78 Å². The van der Waals surface area contributed by atoms with Crippen molar-refractivity contribution in [3.8, 4) is 0 Å². The first-order valence-corrected chi connectivity index (χ1v) is 7.61. The standard InChI is InChI=1S/C18H21NO7/c1-13(2)17(21)23-9-11-25-26-12-10-24-18(22)16(20)14-5-7-15(8-6-14)19(3)4/h5-9,11H,1,10,12H2,2-4H3/b11-9-. The highest BCUT2D eigenvalue weighted by Gasteiger charge is 2.17. The van der Waals surface area contributed by atoms with E-state index in [0.717, 1.165) is 18.2 Å². The van der Waals surface area contributed by atoms with E-state index in [0.29, 0.717) is 0 Å². The van der Waals surface area contributed by atoms with Crippen molar-refractivity contribution in [3.63, 3.8) is 0 Å². The maximum Gasteiger partial charge on any atom is 0.379 e. The average molecular weight is 363 g/mol. The van der Waals surface area contributed by atoms with E-state index in [1.54, 1.807) is 24.3 Å². The summed E-state index contributed by atoms with van der Waals surface area (Å²) in [5.74, 6) is -2.34. The van der Waals surface area contributed by atoms with Gasteiger partial charge in [0, 0.05) is 30.9 Å². The van der Waals surface area contributed by atoms with Gasteiger partial charge in [0.05, 0.1) is 0 Å². The summed E-state index contributed by atoms with van der Waals surface area (Å²) in [7, 11) is 3.74. The van der Waals surface area contributed by atoms with Crippen molar-refractivity contribution in [2.45, 2.75) is 6.92 Å². The molecule has 140 valence electrons. The fraction of sp³-hybridized carbons (Fsp3) is 0.278. The summed E-state index contributed by atoms with van der Waals surface area (Å²) < 4.78 is 9.38. The number of rotatable bonds is 10. The Balaban J connectivity index is 2.25. The van der Waals surface area contributed by atoms with Gasteiger partial charge in [-0.05, 0) is 31.2 Å². The maximum atomic E-state index is 11.9. The van der Waals surface area contributed by atoms with Gasteiger partial charge in [-0.1, -0.05) is 6.58 Å². The molecule has 0 aliphatic carbocycles. The molecule has 0 atom stereocenters. The van der Waals surface area contributed by atoms with Crippen LogP contribution in [0.15, 0.2) is 48.9 Å². The van der Waals surface area contributed by atoms with Gasteiger partial charge < -0.3 is 19.3 Å². The van der Waals surface area contributed by atoms with Crippen molar-refractivity contribution in [3.05, 3.63) is 54.5 Å². The van der Waals surface area contributed by atoms with Crippen molar-refractivity contribution in [1.82, 2.24) is 0 Å². The topological polar surface area (TPSA) is 91.4 Å². The minimum atomic E-state index is -0.989. The van der Waals surface area contributed by atoms with Gasteiger partial charge in [0.15, 0.2) is 6.26 Å². The minimum Gasteiger partial charge on any atom is -0.457 e. The molecule has 8 heteroatoms. The Labute approximate surface area is 151 Å². The average Bonchev–Trinajstić information content (AvgIpc) is 2.62. The van der Waals surface area contributed by atoms with Crippen LogP contribution in [0.3, 0.4) is 0 Å². The van der Waals surface area contributed by atoms with E-state index >= 15 is 0 Å². The molecule has 0 spiro atoms. The van der Waals surface area contributed by atoms with Crippen LogP contribution in [0.1, 0.15) is 17.3 Å². The predicted molar refractivity (Wildman–Crippen MR) is 93.1 cm³/mol. The normalized spacial score (nSPS) is 10.3. The zero-order chi connectivity index (χ0) is 19.5. The molecule has 1 rings (SSSR count). The van der Waals surface area contributed by atoms with Crippen molar-refractivity contribution < 1.29 is 33.6 Å². The predicted octanol–water partition coefficient (Wildman–Crippen LogP) is 2.02. The van der Waals surface area contributed by atoms with Crippen LogP contribution in [0.5, 0.6) is 0 Å². The number of ketones is 1. The summed E-state index contributed by atoms with van der Waals surface area (Å²) in [6.07, 6.45) is 1.96. The van der Waals surface area contributed by atoms with Crippen molar-refractivity contribution in [2.75, 3.05) is 32.2 Å². The first-order valence-electron chi connectivity index (χ1n) is 7.61. The molecule has 0 saturated carbocycles. The third-order valence-corrected chi connectivity index (χ3v) is 2.93. The lowest BCUT2D eigenvalue weighted by Gasteiger charge is -2.12. The Morgan fingerprint density at radius 1 is 1.04 bits per heavy atom. The van der Waals surface area contributed by atoms with Crippen molar-refractivity contribution in [1.29, 1.82) is 0 Å². The lowest BCUT2D eigenvalue weighted by atomic mass is 10.1. The molecule has 0 saturated heterocycles. The van der Waals surface area contributed by atoms with E-state index in [4.69, 9.17) is 4.74 Å². The van der Waals surface area contributed by atoms with Gasteiger partial charge in [-0.2, -0.15) is 4.89 Å². The highest BCUT2D eigenvalue weighted by Crippen LogP contribution is 2.13. The number of carbonyl (C=O) groups excluding carboxylic acids is 3.